The van der Waals surface area contributed by atoms with Crippen molar-refractivity contribution in [1.82, 2.24) is 14.5 Å². The number of fused-ring (bicyclic) bond motifs is 1. The number of benzene rings is 1. The third kappa shape index (κ3) is 3.94. The predicted molar refractivity (Wildman–Crippen MR) is 111 cm³/mol. The minimum atomic E-state index is -0.464. The average Bonchev–Trinajstić information content (AvgIpc) is 3.17. The SMILES string of the molecule is CCn1cc(C(=O)OCC(=O)N2CCN(c3ccccn3)CC2)c2ccccc21. The number of carbonyl (C=O) groups is 2. The highest BCUT2D eigenvalue weighted by Crippen LogP contribution is 2.22. The Morgan fingerprint density at radius 1 is 1.03 bits per heavy atom. The van der Waals surface area contributed by atoms with E-state index in [9.17, 15) is 9.59 Å². The number of piperazine rings is 1. The topological polar surface area (TPSA) is 67.7 Å². The summed E-state index contributed by atoms with van der Waals surface area (Å²) in [4.78, 5) is 33.3. The van der Waals surface area contributed by atoms with E-state index in [1.807, 2.05) is 54.0 Å². The van der Waals surface area contributed by atoms with Crippen LogP contribution in [0, 0.1) is 0 Å². The molecule has 29 heavy (non-hydrogen) atoms. The predicted octanol–water partition coefficient (Wildman–Crippen LogP) is 2.56. The van der Waals surface area contributed by atoms with Crippen molar-refractivity contribution in [1.29, 1.82) is 0 Å². The van der Waals surface area contributed by atoms with Crippen molar-refractivity contribution < 1.29 is 14.3 Å². The highest BCUT2D eigenvalue weighted by molar-refractivity contribution is 6.04. The van der Waals surface area contributed by atoms with Crippen molar-refractivity contribution in [2.45, 2.75) is 13.5 Å². The van der Waals surface area contributed by atoms with E-state index >= 15 is 0 Å². The van der Waals surface area contributed by atoms with E-state index in [1.165, 1.54) is 0 Å². The maximum atomic E-state index is 12.6. The van der Waals surface area contributed by atoms with Crippen LogP contribution in [0.15, 0.2) is 54.9 Å². The summed E-state index contributed by atoms with van der Waals surface area (Å²) in [6.45, 7) is 5.13. The summed E-state index contributed by atoms with van der Waals surface area (Å²) >= 11 is 0. The Labute approximate surface area is 169 Å². The van der Waals surface area contributed by atoms with Gasteiger partial charge in [-0.15, -0.1) is 0 Å². The smallest absolute Gasteiger partial charge is 0.340 e. The third-order valence-corrected chi connectivity index (χ3v) is 5.28. The second kappa shape index (κ2) is 8.34. The lowest BCUT2D eigenvalue weighted by molar-refractivity contribution is -0.134. The molecule has 0 radical (unpaired) electrons. The largest absolute Gasteiger partial charge is 0.452 e. The van der Waals surface area contributed by atoms with Gasteiger partial charge in [0.1, 0.15) is 5.82 Å². The second-order valence-corrected chi connectivity index (χ2v) is 6.98. The molecule has 1 saturated heterocycles. The lowest BCUT2D eigenvalue weighted by Gasteiger charge is -2.35. The quantitative estimate of drug-likeness (QED) is 0.625. The maximum absolute atomic E-state index is 12.6. The number of pyridine rings is 1. The van der Waals surface area contributed by atoms with E-state index in [4.69, 9.17) is 4.74 Å². The summed E-state index contributed by atoms with van der Waals surface area (Å²) in [5.74, 6) is 0.283. The highest BCUT2D eigenvalue weighted by atomic mass is 16.5. The monoisotopic (exact) mass is 392 g/mol. The van der Waals surface area contributed by atoms with E-state index in [-0.39, 0.29) is 12.5 Å². The van der Waals surface area contributed by atoms with E-state index in [2.05, 4.69) is 9.88 Å². The Kier molecular flexibility index (Phi) is 5.46. The minimum absolute atomic E-state index is 0.168. The van der Waals surface area contributed by atoms with Crippen molar-refractivity contribution in [3.63, 3.8) is 0 Å². The van der Waals surface area contributed by atoms with Crippen LogP contribution in [-0.4, -0.2) is 59.1 Å². The van der Waals surface area contributed by atoms with Gasteiger partial charge in [0.2, 0.25) is 0 Å². The molecular weight excluding hydrogens is 368 g/mol. The van der Waals surface area contributed by atoms with Gasteiger partial charge >= 0.3 is 5.97 Å². The number of amides is 1. The van der Waals surface area contributed by atoms with Crippen LogP contribution in [0.5, 0.6) is 0 Å². The third-order valence-electron chi connectivity index (χ3n) is 5.28. The normalized spacial score (nSPS) is 14.2. The molecule has 3 aromatic rings. The van der Waals surface area contributed by atoms with Gasteiger partial charge in [-0.3, -0.25) is 4.79 Å². The molecule has 0 saturated carbocycles. The lowest BCUT2D eigenvalue weighted by Crippen LogP contribution is -2.50. The Morgan fingerprint density at radius 3 is 2.52 bits per heavy atom. The number of carbonyl (C=O) groups excluding carboxylic acids is 2. The van der Waals surface area contributed by atoms with E-state index < -0.39 is 5.97 Å². The molecule has 0 spiro atoms. The van der Waals surface area contributed by atoms with E-state index in [0.717, 1.165) is 23.3 Å². The minimum Gasteiger partial charge on any atom is -0.452 e. The summed E-state index contributed by atoms with van der Waals surface area (Å²) < 4.78 is 7.36. The first kappa shape index (κ1) is 19.0. The zero-order valence-corrected chi connectivity index (χ0v) is 16.5. The molecule has 3 heterocycles. The summed E-state index contributed by atoms with van der Waals surface area (Å²) in [6, 6.07) is 13.5. The fourth-order valence-electron chi connectivity index (χ4n) is 3.69. The first-order chi connectivity index (χ1) is 14.2. The number of aromatic nitrogens is 2. The first-order valence-electron chi connectivity index (χ1n) is 9.86. The Balaban J connectivity index is 1.34. The van der Waals surface area contributed by atoms with E-state index in [0.29, 0.717) is 31.7 Å². The Bertz CT molecular complexity index is 1010. The van der Waals surface area contributed by atoms with Gasteiger partial charge in [0.05, 0.1) is 5.56 Å². The van der Waals surface area contributed by atoms with Crippen LogP contribution in [0.4, 0.5) is 5.82 Å². The number of rotatable bonds is 5. The van der Waals surface area contributed by atoms with Crippen LogP contribution >= 0.6 is 0 Å². The molecule has 1 amide bonds. The molecule has 0 aliphatic carbocycles. The number of hydrogen-bond acceptors (Lipinski definition) is 5. The zero-order chi connectivity index (χ0) is 20.2. The van der Waals surface area contributed by atoms with Crippen LogP contribution in [0.3, 0.4) is 0 Å². The molecule has 1 aromatic carbocycles. The zero-order valence-electron chi connectivity index (χ0n) is 16.5. The molecule has 0 N–H and O–H groups in total. The fourth-order valence-corrected chi connectivity index (χ4v) is 3.69. The van der Waals surface area contributed by atoms with Crippen molar-refractivity contribution in [3.8, 4) is 0 Å². The molecular formula is C22H24N4O3. The van der Waals surface area contributed by atoms with Gasteiger partial charge in [-0.1, -0.05) is 24.3 Å². The number of esters is 1. The van der Waals surface area contributed by atoms with Gasteiger partial charge < -0.3 is 19.1 Å². The summed E-state index contributed by atoms with van der Waals surface area (Å²) in [7, 11) is 0. The Hall–Kier alpha value is -3.35. The number of nitrogens with zero attached hydrogens (tertiary/aromatic N) is 4. The van der Waals surface area contributed by atoms with Crippen LogP contribution < -0.4 is 4.90 Å². The summed E-state index contributed by atoms with van der Waals surface area (Å²) in [6.07, 6.45) is 3.56. The van der Waals surface area contributed by atoms with Gasteiger partial charge in [-0.2, -0.15) is 0 Å². The number of hydrogen-bond donors (Lipinski definition) is 0. The Morgan fingerprint density at radius 2 is 1.79 bits per heavy atom. The van der Waals surface area contributed by atoms with Gasteiger partial charge in [0.15, 0.2) is 6.61 Å². The maximum Gasteiger partial charge on any atom is 0.340 e. The average molecular weight is 392 g/mol. The second-order valence-electron chi connectivity index (χ2n) is 6.98. The van der Waals surface area contributed by atoms with Crippen molar-refractivity contribution >= 4 is 28.6 Å². The molecule has 1 aliphatic heterocycles. The molecule has 2 aromatic heterocycles. The van der Waals surface area contributed by atoms with Crippen LogP contribution in [-0.2, 0) is 16.1 Å². The van der Waals surface area contributed by atoms with Gasteiger partial charge in [-0.05, 0) is 25.1 Å². The summed E-state index contributed by atoms with van der Waals surface area (Å²) in [5.41, 5.74) is 1.48. The van der Waals surface area contributed by atoms with E-state index in [1.54, 1.807) is 17.3 Å². The molecule has 0 bridgehead atoms. The van der Waals surface area contributed by atoms with Crippen LogP contribution in [0.25, 0.3) is 10.9 Å². The molecule has 1 aliphatic rings. The van der Waals surface area contributed by atoms with Crippen molar-refractivity contribution in [3.05, 3.63) is 60.4 Å². The van der Waals surface area contributed by atoms with Crippen molar-refractivity contribution in [2.24, 2.45) is 0 Å². The molecule has 7 heteroatoms. The molecule has 4 rings (SSSR count). The number of aryl methyl sites for hydroxylation is 1. The highest BCUT2D eigenvalue weighted by Gasteiger charge is 2.23. The molecule has 150 valence electrons. The van der Waals surface area contributed by atoms with Gasteiger partial charge in [0, 0.05) is 56.0 Å². The number of para-hydroxylation sites is 1. The van der Waals surface area contributed by atoms with Crippen LogP contribution in [0.2, 0.25) is 0 Å². The summed E-state index contributed by atoms with van der Waals surface area (Å²) in [5, 5.41) is 0.843. The first-order valence-corrected chi connectivity index (χ1v) is 9.86. The molecule has 7 nitrogen and oxygen atoms in total. The number of anilines is 1. The molecule has 0 atom stereocenters. The fraction of sp³-hybridized carbons (Fsp3) is 0.318. The van der Waals surface area contributed by atoms with Crippen molar-refractivity contribution in [2.75, 3.05) is 37.7 Å². The van der Waals surface area contributed by atoms with Gasteiger partial charge in [0.25, 0.3) is 5.91 Å². The lowest BCUT2D eigenvalue weighted by atomic mass is 10.2. The molecule has 0 unspecified atom stereocenters. The van der Waals surface area contributed by atoms with Crippen LogP contribution in [0.1, 0.15) is 17.3 Å². The standard InChI is InChI=1S/C22H24N4O3/c1-2-24-15-18(17-7-3-4-8-19(17)24)22(28)29-16-21(27)26-13-11-25(12-14-26)20-9-5-6-10-23-20/h3-10,15H,2,11-14,16H2,1H3. The van der Waals surface area contributed by atoms with Gasteiger partial charge in [-0.25, -0.2) is 9.78 Å². The molecule has 1 fully saturated rings. The number of ether oxygens (including phenoxy) is 1.